The van der Waals surface area contributed by atoms with Crippen molar-refractivity contribution in [3.8, 4) is 22.6 Å². The molecule has 2 rings (SSSR count). The molecule has 0 bridgehead atoms. The van der Waals surface area contributed by atoms with Crippen LogP contribution >= 0.6 is 0 Å². The number of benzene rings is 2. The molecule has 2 nitrogen and oxygen atoms in total. The van der Waals surface area contributed by atoms with Gasteiger partial charge >= 0.3 is 0 Å². The zero-order valence-corrected chi connectivity index (χ0v) is 14.9. The van der Waals surface area contributed by atoms with Crippen LogP contribution in [0.5, 0.6) is 11.5 Å². The Hall–Kier alpha value is -2.22. The summed E-state index contributed by atoms with van der Waals surface area (Å²) in [6.45, 7) is 13.9. The summed E-state index contributed by atoms with van der Waals surface area (Å²) in [5.74, 6) is -0.0604. The molecular weight excluding hydrogens is 284 g/mol. The van der Waals surface area contributed by atoms with E-state index < -0.39 is 0 Å². The van der Waals surface area contributed by atoms with E-state index in [4.69, 9.17) is 0 Å². The largest absolute Gasteiger partial charge is 0.504 e. The molecule has 0 fully saturated rings. The van der Waals surface area contributed by atoms with E-state index in [1.165, 1.54) is 0 Å². The summed E-state index contributed by atoms with van der Waals surface area (Å²) in [7, 11) is 0. The lowest BCUT2D eigenvalue weighted by atomic mass is 9.87. The van der Waals surface area contributed by atoms with E-state index in [1.807, 2.05) is 52.0 Å². The van der Waals surface area contributed by atoms with E-state index in [-0.39, 0.29) is 11.5 Å². The molecular formula is C21H28O2. The van der Waals surface area contributed by atoms with E-state index in [0.29, 0.717) is 12.0 Å². The number of rotatable bonds is 4. The van der Waals surface area contributed by atoms with Gasteiger partial charge in [-0.2, -0.15) is 0 Å². The summed E-state index contributed by atoms with van der Waals surface area (Å²) in [6.07, 6.45) is 3.28. The van der Waals surface area contributed by atoms with E-state index in [0.717, 1.165) is 34.2 Å². The van der Waals surface area contributed by atoms with Crippen LogP contribution in [0.4, 0.5) is 0 Å². The molecule has 0 saturated heterocycles. The Bertz CT molecular complexity index is 685. The Morgan fingerprint density at radius 3 is 2.13 bits per heavy atom. The minimum absolute atomic E-state index is 0.0288. The van der Waals surface area contributed by atoms with E-state index in [1.54, 1.807) is 6.08 Å². The van der Waals surface area contributed by atoms with Gasteiger partial charge in [0.1, 0.15) is 0 Å². The average Bonchev–Trinajstić information content (AvgIpc) is 2.60. The smallest absolute Gasteiger partial charge is 0.166 e. The van der Waals surface area contributed by atoms with E-state index in [9.17, 15) is 10.2 Å². The van der Waals surface area contributed by atoms with Crippen molar-refractivity contribution in [3.63, 3.8) is 0 Å². The molecule has 0 atom stereocenters. The molecule has 0 aliphatic carbocycles. The normalized spacial score (nSPS) is 9.96. The molecule has 0 heterocycles. The summed E-state index contributed by atoms with van der Waals surface area (Å²) in [4.78, 5) is 0. The summed E-state index contributed by atoms with van der Waals surface area (Å²) < 4.78 is 0. The van der Waals surface area contributed by atoms with Crippen molar-refractivity contribution in [1.29, 1.82) is 0 Å². The lowest BCUT2D eigenvalue weighted by Crippen LogP contribution is -1.98. The Balaban J connectivity index is 0.00000127. The van der Waals surface area contributed by atoms with Gasteiger partial charge in [-0.05, 0) is 42.0 Å². The first-order valence-electron chi connectivity index (χ1n) is 8.34. The van der Waals surface area contributed by atoms with Gasteiger partial charge in [-0.1, -0.05) is 64.6 Å². The van der Waals surface area contributed by atoms with Crippen molar-refractivity contribution in [3.05, 3.63) is 53.1 Å². The van der Waals surface area contributed by atoms with Gasteiger partial charge in [-0.3, -0.25) is 0 Å². The highest BCUT2D eigenvalue weighted by molar-refractivity contribution is 5.84. The Morgan fingerprint density at radius 1 is 1.00 bits per heavy atom. The molecule has 0 aliphatic heterocycles. The molecule has 2 aromatic carbocycles. The third-order valence-corrected chi connectivity index (χ3v) is 4.08. The van der Waals surface area contributed by atoms with Crippen LogP contribution in [0.3, 0.4) is 0 Å². The van der Waals surface area contributed by atoms with Crippen LogP contribution < -0.4 is 0 Å². The molecule has 0 amide bonds. The van der Waals surface area contributed by atoms with Gasteiger partial charge in [0, 0.05) is 11.1 Å². The zero-order chi connectivity index (χ0) is 17.6. The molecule has 0 aromatic heterocycles. The van der Waals surface area contributed by atoms with Gasteiger partial charge in [0.15, 0.2) is 11.5 Å². The predicted octanol–water partition coefficient (Wildman–Crippen LogP) is 5.87. The number of hydrogen-bond acceptors (Lipinski definition) is 2. The monoisotopic (exact) mass is 312 g/mol. The molecule has 0 saturated carbocycles. The molecule has 0 unspecified atom stereocenters. The quantitative estimate of drug-likeness (QED) is 0.693. The minimum Gasteiger partial charge on any atom is -0.504 e. The third-order valence-electron chi connectivity index (χ3n) is 4.08. The first-order valence-corrected chi connectivity index (χ1v) is 8.34. The molecule has 0 aliphatic rings. The molecule has 23 heavy (non-hydrogen) atoms. The summed E-state index contributed by atoms with van der Waals surface area (Å²) in [5.41, 5.74) is 5.44. The zero-order valence-electron chi connectivity index (χ0n) is 14.9. The Morgan fingerprint density at radius 2 is 1.61 bits per heavy atom. The average molecular weight is 312 g/mol. The van der Waals surface area contributed by atoms with Gasteiger partial charge in [-0.15, -0.1) is 0 Å². The van der Waals surface area contributed by atoms with Crippen molar-refractivity contribution >= 4 is 6.08 Å². The SMILES string of the molecule is C=Cc1c(C)c(-c2ccccc2CC)c(O)c(O)c1CC.CC. The van der Waals surface area contributed by atoms with Crippen molar-refractivity contribution in [2.75, 3.05) is 0 Å². The fraction of sp³-hybridized carbons (Fsp3) is 0.333. The van der Waals surface area contributed by atoms with Crippen LogP contribution in [-0.2, 0) is 12.8 Å². The van der Waals surface area contributed by atoms with Crippen molar-refractivity contribution in [1.82, 2.24) is 0 Å². The molecule has 0 spiro atoms. The van der Waals surface area contributed by atoms with Gasteiger partial charge in [0.25, 0.3) is 0 Å². The Labute approximate surface area is 140 Å². The number of hydrogen-bond donors (Lipinski definition) is 2. The highest BCUT2D eigenvalue weighted by Crippen LogP contribution is 2.45. The first-order chi connectivity index (χ1) is 11.1. The maximum Gasteiger partial charge on any atom is 0.166 e. The van der Waals surface area contributed by atoms with E-state index in [2.05, 4.69) is 13.5 Å². The highest BCUT2D eigenvalue weighted by atomic mass is 16.3. The second-order valence-electron chi connectivity index (χ2n) is 5.16. The van der Waals surface area contributed by atoms with Gasteiger partial charge in [-0.25, -0.2) is 0 Å². The predicted molar refractivity (Wildman–Crippen MR) is 100 cm³/mol. The minimum atomic E-state index is -0.0316. The van der Waals surface area contributed by atoms with Crippen LogP contribution in [0.25, 0.3) is 17.2 Å². The van der Waals surface area contributed by atoms with Crippen LogP contribution in [0.15, 0.2) is 30.8 Å². The van der Waals surface area contributed by atoms with Gasteiger partial charge in [0.2, 0.25) is 0 Å². The maximum atomic E-state index is 10.5. The fourth-order valence-electron chi connectivity index (χ4n) is 2.96. The second-order valence-corrected chi connectivity index (χ2v) is 5.16. The lowest BCUT2D eigenvalue weighted by molar-refractivity contribution is 0.400. The van der Waals surface area contributed by atoms with Crippen molar-refractivity contribution in [2.45, 2.75) is 47.5 Å². The third kappa shape index (κ3) is 3.42. The van der Waals surface area contributed by atoms with Crippen LogP contribution in [-0.4, -0.2) is 10.2 Å². The van der Waals surface area contributed by atoms with Gasteiger partial charge in [0.05, 0.1) is 0 Å². The highest BCUT2D eigenvalue weighted by Gasteiger charge is 2.21. The van der Waals surface area contributed by atoms with Crippen molar-refractivity contribution < 1.29 is 10.2 Å². The van der Waals surface area contributed by atoms with Crippen LogP contribution in [0, 0.1) is 6.92 Å². The number of aromatic hydroxyl groups is 2. The molecule has 2 aromatic rings. The van der Waals surface area contributed by atoms with Crippen molar-refractivity contribution in [2.24, 2.45) is 0 Å². The summed E-state index contributed by atoms with van der Waals surface area (Å²) >= 11 is 0. The lowest BCUT2D eigenvalue weighted by Gasteiger charge is -2.19. The Kier molecular flexibility index (Phi) is 6.89. The summed E-state index contributed by atoms with van der Waals surface area (Å²) in [5, 5.41) is 20.8. The summed E-state index contributed by atoms with van der Waals surface area (Å²) in [6, 6.07) is 7.97. The standard InChI is InChI=1S/C19H22O2.C2H6/c1-5-13-10-8-9-11-16(13)17-12(4)14(6-2)15(7-3)18(20)19(17)21;1-2/h6,8-11,20-21H,2,5,7H2,1,3-4H3;1-2H3. The number of phenolic OH excluding ortho intramolecular Hbond substituents is 2. The van der Waals surface area contributed by atoms with Gasteiger partial charge < -0.3 is 10.2 Å². The number of aryl methyl sites for hydroxylation is 1. The maximum absolute atomic E-state index is 10.5. The topological polar surface area (TPSA) is 40.5 Å². The van der Waals surface area contributed by atoms with Crippen LogP contribution in [0.2, 0.25) is 0 Å². The molecule has 2 N–H and O–H groups in total. The fourth-order valence-corrected chi connectivity index (χ4v) is 2.96. The molecule has 2 heteroatoms. The van der Waals surface area contributed by atoms with Crippen LogP contribution in [0.1, 0.15) is 49.9 Å². The number of phenols is 2. The first kappa shape index (κ1) is 18.8. The van der Waals surface area contributed by atoms with E-state index >= 15 is 0 Å². The molecule has 124 valence electrons. The molecule has 0 radical (unpaired) electrons. The second kappa shape index (κ2) is 8.42.